The van der Waals surface area contributed by atoms with Crippen molar-refractivity contribution in [3.05, 3.63) is 41.5 Å². The van der Waals surface area contributed by atoms with Gasteiger partial charge >= 0.3 is 0 Å². The maximum Gasteiger partial charge on any atom is 0.0674 e. The number of rotatable bonds is 5. The molecule has 0 fully saturated rings. The van der Waals surface area contributed by atoms with Crippen molar-refractivity contribution in [3.63, 3.8) is 0 Å². The second-order valence-corrected chi connectivity index (χ2v) is 5.06. The molecule has 0 saturated heterocycles. The Balaban J connectivity index is 2.15. The molecule has 0 spiro atoms. The van der Waals surface area contributed by atoms with Gasteiger partial charge in [-0.25, -0.2) is 0 Å². The zero-order valence-electron chi connectivity index (χ0n) is 11.9. The fourth-order valence-electron chi connectivity index (χ4n) is 2.56. The molecule has 2 N–H and O–H groups in total. The first-order valence-electron chi connectivity index (χ1n) is 7.02. The lowest BCUT2D eigenvalue weighted by atomic mass is 10.0. The Kier molecular flexibility index (Phi) is 5.00. The first-order chi connectivity index (χ1) is 9.26. The van der Waals surface area contributed by atoms with Crippen molar-refractivity contribution in [1.82, 2.24) is 0 Å². The minimum Gasteiger partial charge on any atom is -0.380 e. The van der Waals surface area contributed by atoms with Crippen LogP contribution in [0.4, 0.5) is 5.69 Å². The number of nitrogens with two attached hydrogens (primary N) is 1. The number of nitrogens with zero attached hydrogens (tertiary/aromatic N) is 1. The Hall–Kier alpha value is -1.32. The van der Waals surface area contributed by atoms with Gasteiger partial charge in [0.1, 0.15) is 0 Å². The Morgan fingerprint density at radius 3 is 2.79 bits per heavy atom. The summed E-state index contributed by atoms with van der Waals surface area (Å²) in [4.78, 5) is 2.41. The molecule has 1 aromatic carbocycles. The predicted molar refractivity (Wildman–Crippen MR) is 80.5 cm³/mol. The second-order valence-electron chi connectivity index (χ2n) is 5.06. The minimum atomic E-state index is 0.126. The highest BCUT2D eigenvalue weighted by Gasteiger charge is 2.17. The highest BCUT2D eigenvalue weighted by Crippen LogP contribution is 2.28. The molecule has 0 radical (unpaired) electrons. The summed E-state index contributed by atoms with van der Waals surface area (Å²) in [6, 6.07) is 8.62. The van der Waals surface area contributed by atoms with Crippen LogP contribution in [0, 0.1) is 0 Å². The number of para-hydroxylation sites is 1. The average molecular weight is 260 g/mol. The Morgan fingerprint density at radius 1 is 1.37 bits per heavy atom. The lowest BCUT2D eigenvalue weighted by Gasteiger charge is -2.31. The maximum absolute atomic E-state index is 6.21. The van der Waals surface area contributed by atoms with E-state index in [1.54, 1.807) is 7.11 Å². The van der Waals surface area contributed by atoms with Crippen LogP contribution in [0.5, 0.6) is 0 Å². The van der Waals surface area contributed by atoms with Crippen LogP contribution in [-0.4, -0.2) is 26.8 Å². The van der Waals surface area contributed by atoms with Gasteiger partial charge in [0.25, 0.3) is 0 Å². The van der Waals surface area contributed by atoms with Crippen LogP contribution in [0.1, 0.15) is 31.4 Å². The van der Waals surface area contributed by atoms with E-state index < -0.39 is 0 Å². The topological polar surface area (TPSA) is 38.5 Å². The molecule has 0 bridgehead atoms. The van der Waals surface area contributed by atoms with E-state index in [9.17, 15) is 0 Å². The number of methoxy groups -OCH3 is 1. The van der Waals surface area contributed by atoms with Crippen molar-refractivity contribution >= 4 is 5.69 Å². The molecule has 3 heteroatoms. The van der Waals surface area contributed by atoms with Crippen molar-refractivity contribution in [3.8, 4) is 0 Å². The third-order valence-electron chi connectivity index (χ3n) is 3.75. The van der Waals surface area contributed by atoms with Crippen LogP contribution in [0.15, 0.2) is 35.9 Å². The van der Waals surface area contributed by atoms with Gasteiger partial charge in [0.2, 0.25) is 0 Å². The molecule has 1 atom stereocenters. The van der Waals surface area contributed by atoms with Crippen LogP contribution in [0.25, 0.3) is 0 Å². The largest absolute Gasteiger partial charge is 0.380 e. The predicted octanol–water partition coefficient (Wildman–Crippen LogP) is 2.88. The quantitative estimate of drug-likeness (QED) is 0.827. The molecule has 104 valence electrons. The first-order valence-corrected chi connectivity index (χ1v) is 7.02. The van der Waals surface area contributed by atoms with Crippen LogP contribution in [0.3, 0.4) is 0 Å². The standard InChI is InChI=1S/C16H24N2O/c1-3-15(17)14-6-4-5-7-16(14)18-10-8-13(9-11-18)12-19-2/h4-8,15H,3,9-12,17H2,1-2H3/t15-/m0/s1. The van der Waals surface area contributed by atoms with Crippen molar-refractivity contribution in [1.29, 1.82) is 0 Å². The molecule has 1 aliphatic rings. The third-order valence-corrected chi connectivity index (χ3v) is 3.75. The van der Waals surface area contributed by atoms with E-state index in [1.165, 1.54) is 16.8 Å². The molecular weight excluding hydrogens is 236 g/mol. The highest BCUT2D eigenvalue weighted by molar-refractivity contribution is 5.56. The summed E-state index contributed by atoms with van der Waals surface area (Å²) in [6.45, 7) is 4.88. The monoisotopic (exact) mass is 260 g/mol. The Labute approximate surface area is 116 Å². The highest BCUT2D eigenvalue weighted by atomic mass is 16.5. The normalized spacial score (nSPS) is 17.2. The van der Waals surface area contributed by atoms with Gasteiger partial charge in [0, 0.05) is 31.9 Å². The molecule has 19 heavy (non-hydrogen) atoms. The van der Waals surface area contributed by atoms with Crippen LogP contribution < -0.4 is 10.6 Å². The van der Waals surface area contributed by atoms with E-state index in [0.29, 0.717) is 0 Å². The number of hydrogen-bond acceptors (Lipinski definition) is 3. The minimum absolute atomic E-state index is 0.126. The van der Waals surface area contributed by atoms with Crippen LogP contribution >= 0.6 is 0 Å². The molecule has 0 amide bonds. The van der Waals surface area contributed by atoms with Gasteiger partial charge in [-0.15, -0.1) is 0 Å². The molecular formula is C16H24N2O. The van der Waals surface area contributed by atoms with Crippen LogP contribution in [0.2, 0.25) is 0 Å². The molecule has 0 aromatic heterocycles. The van der Waals surface area contributed by atoms with Gasteiger partial charge in [0.05, 0.1) is 6.61 Å². The number of anilines is 1. The van der Waals surface area contributed by atoms with Crippen molar-refractivity contribution in [2.45, 2.75) is 25.8 Å². The summed E-state index contributed by atoms with van der Waals surface area (Å²) in [5.41, 5.74) is 10.2. The molecule has 0 saturated carbocycles. The number of ether oxygens (including phenoxy) is 1. The lowest BCUT2D eigenvalue weighted by Crippen LogP contribution is -2.31. The fourth-order valence-corrected chi connectivity index (χ4v) is 2.56. The molecule has 2 rings (SSSR count). The third kappa shape index (κ3) is 3.37. The summed E-state index contributed by atoms with van der Waals surface area (Å²) < 4.78 is 5.19. The van der Waals surface area contributed by atoms with Gasteiger partial charge in [0.15, 0.2) is 0 Å². The molecule has 1 aromatic rings. The molecule has 0 aliphatic carbocycles. The first kappa shape index (κ1) is 14.1. The zero-order valence-corrected chi connectivity index (χ0v) is 11.9. The summed E-state index contributed by atoms with van der Waals surface area (Å²) in [6.07, 6.45) is 4.32. The smallest absolute Gasteiger partial charge is 0.0674 e. The van der Waals surface area contributed by atoms with E-state index in [4.69, 9.17) is 10.5 Å². The number of benzene rings is 1. The van der Waals surface area contributed by atoms with Crippen molar-refractivity contribution in [2.24, 2.45) is 5.73 Å². The zero-order chi connectivity index (χ0) is 13.7. The van der Waals surface area contributed by atoms with E-state index in [2.05, 4.69) is 42.2 Å². The summed E-state index contributed by atoms with van der Waals surface area (Å²) in [5.74, 6) is 0. The summed E-state index contributed by atoms with van der Waals surface area (Å²) in [7, 11) is 1.75. The second kappa shape index (κ2) is 6.73. The number of hydrogen-bond donors (Lipinski definition) is 1. The Morgan fingerprint density at radius 2 is 2.16 bits per heavy atom. The van der Waals surface area contributed by atoms with E-state index >= 15 is 0 Å². The fraction of sp³-hybridized carbons (Fsp3) is 0.500. The van der Waals surface area contributed by atoms with Gasteiger partial charge in [-0.2, -0.15) is 0 Å². The maximum atomic E-state index is 6.21. The van der Waals surface area contributed by atoms with Gasteiger partial charge in [-0.1, -0.05) is 31.2 Å². The van der Waals surface area contributed by atoms with Gasteiger partial charge in [-0.3, -0.25) is 0 Å². The van der Waals surface area contributed by atoms with Gasteiger partial charge in [-0.05, 0) is 30.0 Å². The van der Waals surface area contributed by atoms with Crippen molar-refractivity contribution < 1.29 is 4.74 Å². The Bertz CT molecular complexity index is 442. The van der Waals surface area contributed by atoms with E-state index in [0.717, 1.165) is 32.5 Å². The molecule has 3 nitrogen and oxygen atoms in total. The van der Waals surface area contributed by atoms with Crippen LogP contribution in [-0.2, 0) is 4.74 Å². The molecule has 1 heterocycles. The molecule has 0 unspecified atom stereocenters. The molecule has 1 aliphatic heterocycles. The van der Waals surface area contributed by atoms with E-state index in [-0.39, 0.29) is 6.04 Å². The summed E-state index contributed by atoms with van der Waals surface area (Å²) >= 11 is 0. The van der Waals surface area contributed by atoms with Crippen molar-refractivity contribution in [2.75, 3.05) is 31.7 Å². The SMILES string of the molecule is CC[C@H](N)c1ccccc1N1CC=C(COC)CC1. The van der Waals surface area contributed by atoms with E-state index in [1.807, 2.05) is 0 Å². The average Bonchev–Trinajstić information content (AvgIpc) is 2.47. The summed E-state index contributed by atoms with van der Waals surface area (Å²) in [5, 5.41) is 0. The lowest BCUT2D eigenvalue weighted by molar-refractivity contribution is 0.222. The van der Waals surface area contributed by atoms with Gasteiger partial charge < -0.3 is 15.4 Å².